The van der Waals surface area contributed by atoms with Gasteiger partial charge in [0.25, 0.3) is 5.96 Å². The number of rotatable bonds is 13. The highest BCUT2D eigenvalue weighted by Crippen LogP contribution is 2.10. The zero-order valence-electron chi connectivity index (χ0n) is 19.6. The Hall–Kier alpha value is -3.45. The number of aliphatic imine (C=N–C) groups is 1. The predicted molar refractivity (Wildman–Crippen MR) is 129 cm³/mol. The van der Waals surface area contributed by atoms with Gasteiger partial charge in [0.15, 0.2) is 5.03 Å². The van der Waals surface area contributed by atoms with Crippen molar-refractivity contribution >= 4 is 31.0 Å². The summed E-state index contributed by atoms with van der Waals surface area (Å²) >= 11 is 0. The molecule has 2 atom stereocenters. The molecular weight excluding hydrogens is 443 g/mol. The predicted octanol–water partition coefficient (Wildman–Crippen LogP) is -0.00620. The van der Waals surface area contributed by atoms with Crippen molar-refractivity contribution < 1.29 is 24.7 Å². The van der Waals surface area contributed by atoms with Gasteiger partial charge >= 0.3 is 7.12 Å². The van der Waals surface area contributed by atoms with Gasteiger partial charge in [-0.05, 0) is 43.7 Å². The van der Waals surface area contributed by atoms with E-state index in [9.17, 15) is 29.8 Å². The number of nitrogens with one attached hydrogen (secondary N) is 3. The third kappa shape index (κ3) is 11.4. The quantitative estimate of drug-likeness (QED) is 0.0435. The average molecular weight is 476 g/mol. The average Bonchev–Trinajstić information content (AvgIpc) is 2.74. The number of nitro groups is 1. The molecule has 0 spiro atoms. The molecule has 1 aromatic rings. The zero-order chi connectivity index (χ0) is 25.7. The first kappa shape index (κ1) is 28.6. The molecule has 0 heterocycles. The largest absolute Gasteiger partial charge is 0.475 e. The lowest BCUT2D eigenvalue weighted by atomic mass is 9.75. The van der Waals surface area contributed by atoms with Crippen molar-refractivity contribution in [1.82, 2.24) is 16.1 Å². The zero-order valence-corrected chi connectivity index (χ0v) is 19.6. The van der Waals surface area contributed by atoms with Crippen molar-refractivity contribution in [3.8, 4) is 0 Å². The van der Waals surface area contributed by atoms with Crippen LogP contribution in [0.5, 0.6) is 0 Å². The SMILES string of the molecule is C/C(=C\c1ccccc1)C(=O)N[C@@H](CCCN=C(N)N[N+](=O)[O-])C(=O)N[C@@H](CC(C)C)B(O)O. The maximum Gasteiger partial charge on any atom is 0.475 e. The lowest BCUT2D eigenvalue weighted by molar-refractivity contribution is -0.525. The van der Waals surface area contributed by atoms with E-state index >= 15 is 0 Å². The van der Waals surface area contributed by atoms with Gasteiger partial charge in [-0.3, -0.25) is 9.59 Å². The van der Waals surface area contributed by atoms with Crippen LogP contribution in [-0.2, 0) is 9.59 Å². The van der Waals surface area contributed by atoms with Crippen LogP contribution >= 0.6 is 0 Å². The molecule has 0 radical (unpaired) electrons. The van der Waals surface area contributed by atoms with Crippen molar-refractivity contribution in [2.75, 3.05) is 6.54 Å². The van der Waals surface area contributed by atoms with E-state index in [1.165, 1.54) is 0 Å². The first-order valence-corrected chi connectivity index (χ1v) is 10.9. The molecule has 13 heteroatoms. The molecule has 186 valence electrons. The number of nitrogens with two attached hydrogens (primary N) is 1. The Morgan fingerprint density at radius 2 is 1.88 bits per heavy atom. The summed E-state index contributed by atoms with van der Waals surface area (Å²) in [6.45, 7) is 5.44. The summed E-state index contributed by atoms with van der Waals surface area (Å²) < 4.78 is 0. The van der Waals surface area contributed by atoms with E-state index < -0.39 is 35.9 Å². The number of benzene rings is 1. The second kappa shape index (κ2) is 14.7. The van der Waals surface area contributed by atoms with Gasteiger partial charge in [-0.1, -0.05) is 49.6 Å². The first-order chi connectivity index (χ1) is 16.0. The molecule has 12 nitrogen and oxygen atoms in total. The third-order valence-corrected chi connectivity index (χ3v) is 4.71. The number of carbonyl (C=O) groups is 2. The summed E-state index contributed by atoms with van der Waals surface area (Å²) in [5.41, 5.74) is 8.29. The maximum absolute atomic E-state index is 12.9. The Morgan fingerprint density at radius 3 is 2.44 bits per heavy atom. The molecule has 0 saturated carbocycles. The molecule has 34 heavy (non-hydrogen) atoms. The number of carbonyl (C=O) groups excluding carboxylic acids is 2. The minimum atomic E-state index is -1.76. The lowest BCUT2D eigenvalue weighted by Crippen LogP contribution is -2.54. The molecule has 2 amide bonds. The Kier molecular flexibility index (Phi) is 12.3. The fourth-order valence-electron chi connectivity index (χ4n) is 3.08. The summed E-state index contributed by atoms with van der Waals surface area (Å²) in [6, 6.07) is 8.19. The highest BCUT2D eigenvalue weighted by molar-refractivity contribution is 6.43. The monoisotopic (exact) mass is 476 g/mol. The molecular formula is C21H33BN6O6. The maximum atomic E-state index is 12.9. The van der Waals surface area contributed by atoms with Crippen LogP contribution in [0.2, 0.25) is 0 Å². The fourth-order valence-corrected chi connectivity index (χ4v) is 3.08. The molecule has 0 unspecified atom stereocenters. The first-order valence-electron chi connectivity index (χ1n) is 10.9. The molecule has 7 N–H and O–H groups in total. The molecule has 1 rings (SSSR count). The smallest absolute Gasteiger partial charge is 0.426 e. The molecule has 0 fully saturated rings. The molecule has 1 aromatic carbocycles. The van der Waals surface area contributed by atoms with E-state index in [1.807, 2.05) is 44.2 Å². The number of guanidine groups is 1. The Bertz CT molecular complexity index is 878. The van der Waals surface area contributed by atoms with E-state index in [0.29, 0.717) is 12.0 Å². The lowest BCUT2D eigenvalue weighted by Gasteiger charge is -2.24. The van der Waals surface area contributed by atoms with Crippen molar-refractivity contribution in [2.45, 2.75) is 52.0 Å². The molecule has 0 aliphatic rings. The van der Waals surface area contributed by atoms with E-state index in [0.717, 1.165) is 5.56 Å². The van der Waals surface area contributed by atoms with Gasteiger partial charge < -0.3 is 26.4 Å². The fraction of sp³-hybridized carbons (Fsp3) is 0.476. The van der Waals surface area contributed by atoms with Crippen LogP contribution in [0.15, 0.2) is 40.9 Å². The van der Waals surface area contributed by atoms with E-state index in [1.54, 1.807) is 18.4 Å². The number of amides is 2. The van der Waals surface area contributed by atoms with Crippen LogP contribution in [0, 0.1) is 16.0 Å². The topological polar surface area (TPSA) is 192 Å². The van der Waals surface area contributed by atoms with Gasteiger partial charge in [0.1, 0.15) is 6.04 Å². The minimum Gasteiger partial charge on any atom is -0.426 e. The van der Waals surface area contributed by atoms with Crippen LogP contribution in [0.1, 0.15) is 45.6 Å². The number of hydrogen-bond donors (Lipinski definition) is 6. The van der Waals surface area contributed by atoms with E-state index in [4.69, 9.17) is 5.73 Å². The molecule has 0 aromatic heterocycles. The normalized spacial score (nSPS) is 13.7. The molecule has 0 aliphatic carbocycles. The van der Waals surface area contributed by atoms with Crippen LogP contribution in [0.25, 0.3) is 6.08 Å². The van der Waals surface area contributed by atoms with E-state index in [-0.39, 0.29) is 31.3 Å². The van der Waals surface area contributed by atoms with Gasteiger partial charge in [0, 0.05) is 12.1 Å². The highest BCUT2D eigenvalue weighted by Gasteiger charge is 2.29. The van der Waals surface area contributed by atoms with Crippen LogP contribution < -0.4 is 21.8 Å². The van der Waals surface area contributed by atoms with E-state index in [2.05, 4.69) is 15.6 Å². The van der Waals surface area contributed by atoms with Crippen LogP contribution in [0.3, 0.4) is 0 Å². The van der Waals surface area contributed by atoms with Gasteiger partial charge in [-0.15, -0.1) is 0 Å². The minimum absolute atomic E-state index is 0.0726. The molecule has 0 bridgehead atoms. The number of hydrogen-bond acceptors (Lipinski definition) is 7. The Balaban J connectivity index is 2.92. The second-order valence-corrected chi connectivity index (χ2v) is 8.20. The third-order valence-electron chi connectivity index (χ3n) is 4.71. The van der Waals surface area contributed by atoms with Gasteiger partial charge in [-0.2, -0.15) is 0 Å². The summed E-state index contributed by atoms with van der Waals surface area (Å²) in [5.74, 6) is -2.25. The highest BCUT2D eigenvalue weighted by atomic mass is 16.7. The number of nitrogens with zero attached hydrogens (tertiary/aromatic N) is 2. The molecule has 0 aliphatic heterocycles. The standard InChI is InChI=1S/C21H33BN6O6/c1-14(2)12-18(22(31)32)26-20(30)17(10-7-11-24-21(23)27-28(33)34)25-19(29)15(3)13-16-8-5-4-6-9-16/h4-6,8-9,13-14,17-18,31-32H,7,10-12H2,1-3H3,(H,25,29)(H,26,30)(H3,23,24,27)/b15-13+/t17-,18-/m0/s1. The van der Waals surface area contributed by atoms with Crippen molar-refractivity contribution in [1.29, 1.82) is 0 Å². The van der Waals surface area contributed by atoms with Crippen molar-refractivity contribution in [2.24, 2.45) is 16.6 Å². The summed E-state index contributed by atoms with van der Waals surface area (Å²) in [5, 5.41) is 34.0. The van der Waals surface area contributed by atoms with Crippen molar-refractivity contribution in [3.63, 3.8) is 0 Å². The van der Waals surface area contributed by atoms with Crippen LogP contribution in [-0.4, -0.2) is 58.5 Å². The van der Waals surface area contributed by atoms with Gasteiger partial charge in [-0.25, -0.2) is 15.1 Å². The Labute approximate surface area is 199 Å². The number of hydrazine groups is 1. The van der Waals surface area contributed by atoms with Gasteiger partial charge in [0.2, 0.25) is 11.8 Å². The van der Waals surface area contributed by atoms with Crippen molar-refractivity contribution in [3.05, 3.63) is 51.6 Å². The summed E-state index contributed by atoms with van der Waals surface area (Å²) in [7, 11) is -1.76. The summed E-state index contributed by atoms with van der Waals surface area (Å²) in [4.78, 5) is 39.8. The van der Waals surface area contributed by atoms with Gasteiger partial charge in [0.05, 0.1) is 5.94 Å². The summed E-state index contributed by atoms with van der Waals surface area (Å²) in [6.07, 6.45) is 2.42. The molecule has 0 saturated heterocycles. The second-order valence-electron chi connectivity index (χ2n) is 8.20. The van der Waals surface area contributed by atoms with Crippen LogP contribution in [0.4, 0.5) is 0 Å². The Morgan fingerprint density at radius 1 is 1.24 bits per heavy atom.